The van der Waals surface area contributed by atoms with E-state index < -0.39 is 0 Å². The van der Waals surface area contributed by atoms with Gasteiger partial charge in [0.25, 0.3) is 0 Å². The van der Waals surface area contributed by atoms with E-state index in [9.17, 15) is 0 Å². The molecule has 0 heterocycles. The second kappa shape index (κ2) is 7.29. The fraction of sp³-hybridized carbons (Fsp3) is 1.00. The molecule has 0 aliphatic heterocycles. The lowest BCUT2D eigenvalue weighted by Gasteiger charge is -2.39. The molecule has 0 saturated heterocycles. The third-order valence-electron chi connectivity index (χ3n) is 4.10. The first-order chi connectivity index (χ1) is 7.72. The van der Waals surface area contributed by atoms with Crippen LogP contribution in [0.3, 0.4) is 0 Å². The molecule has 96 valence electrons. The molecule has 2 heteroatoms. The zero-order chi connectivity index (χ0) is 11.9. The molecule has 0 amide bonds. The van der Waals surface area contributed by atoms with Gasteiger partial charge in [0.05, 0.1) is 0 Å². The Morgan fingerprint density at radius 2 is 1.81 bits per heavy atom. The topological polar surface area (TPSA) is 29.3 Å². The van der Waals surface area contributed by atoms with E-state index in [1.54, 1.807) is 0 Å². The van der Waals surface area contributed by atoms with Gasteiger partial charge in [-0.3, -0.25) is 0 Å². The average molecular weight is 226 g/mol. The first-order valence-corrected chi connectivity index (χ1v) is 7.11. The lowest BCUT2D eigenvalue weighted by Crippen LogP contribution is -2.42. The molecular weight excluding hydrogens is 196 g/mol. The Balaban J connectivity index is 2.30. The fourth-order valence-electron chi connectivity index (χ4n) is 3.01. The second-order valence-corrected chi connectivity index (χ2v) is 5.71. The maximum Gasteiger partial charge on any atom is 0.00470 e. The van der Waals surface area contributed by atoms with Crippen LogP contribution < -0.4 is 5.73 Å². The number of hydrogen-bond acceptors (Lipinski definition) is 2. The number of unbranched alkanes of at least 4 members (excludes halogenated alkanes) is 2. The quantitative estimate of drug-likeness (QED) is 0.676. The van der Waals surface area contributed by atoms with E-state index in [1.165, 1.54) is 64.5 Å². The molecule has 0 bridgehead atoms. The molecule has 1 aliphatic rings. The minimum absolute atomic E-state index is 0.444. The van der Waals surface area contributed by atoms with Crippen LogP contribution >= 0.6 is 0 Å². The molecule has 2 N–H and O–H groups in total. The van der Waals surface area contributed by atoms with Gasteiger partial charge in [-0.25, -0.2) is 0 Å². The predicted molar refractivity (Wildman–Crippen MR) is 71.6 cm³/mol. The van der Waals surface area contributed by atoms with Gasteiger partial charge >= 0.3 is 0 Å². The van der Waals surface area contributed by atoms with Crippen LogP contribution in [0, 0.1) is 5.41 Å². The highest BCUT2D eigenvalue weighted by Crippen LogP contribution is 2.35. The highest BCUT2D eigenvalue weighted by Gasteiger charge is 2.31. The van der Waals surface area contributed by atoms with Crippen LogP contribution in [-0.4, -0.2) is 31.6 Å². The molecular formula is C14H30N2. The van der Waals surface area contributed by atoms with Crippen molar-refractivity contribution in [1.82, 2.24) is 4.90 Å². The van der Waals surface area contributed by atoms with E-state index in [0.29, 0.717) is 5.41 Å². The standard InChI is InChI=1S/C14H30N2/c1-3-4-8-11-16(2)13-14(12-15)9-6-5-7-10-14/h3-13,15H2,1-2H3. The summed E-state index contributed by atoms with van der Waals surface area (Å²) in [6.07, 6.45) is 10.9. The summed E-state index contributed by atoms with van der Waals surface area (Å²) in [6, 6.07) is 0. The second-order valence-electron chi connectivity index (χ2n) is 5.71. The van der Waals surface area contributed by atoms with Gasteiger partial charge in [-0.15, -0.1) is 0 Å². The van der Waals surface area contributed by atoms with Gasteiger partial charge in [0.2, 0.25) is 0 Å². The van der Waals surface area contributed by atoms with Crippen molar-refractivity contribution in [2.45, 2.75) is 58.3 Å². The molecule has 0 atom stereocenters. The third kappa shape index (κ3) is 4.42. The van der Waals surface area contributed by atoms with Gasteiger partial charge in [0.1, 0.15) is 0 Å². The highest BCUT2D eigenvalue weighted by atomic mass is 15.1. The average Bonchev–Trinajstić information content (AvgIpc) is 2.30. The van der Waals surface area contributed by atoms with Crippen LogP contribution in [0.5, 0.6) is 0 Å². The van der Waals surface area contributed by atoms with E-state index >= 15 is 0 Å². The Kier molecular flexibility index (Phi) is 6.37. The normalized spacial score (nSPS) is 20.2. The van der Waals surface area contributed by atoms with Gasteiger partial charge in [0, 0.05) is 6.54 Å². The van der Waals surface area contributed by atoms with Crippen molar-refractivity contribution in [2.75, 3.05) is 26.7 Å². The van der Waals surface area contributed by atoms with Gasteiger partial charge in [-0.1, -0.05) is 39.0 Å². The van der Waals surface area contributed by atoms with Crippen LogP contribution in [0.25, 0.3) is 0 Å². The summed E-state index contributed by atoms with van der Waals surface area (Å²) < 4.78 is 0. The minimum atomic E-state index is 0.444. The molecule has 0 aromatic carbocycles. The first-order valence-electron chi connectivity index (χ1n) is 7.11. The Hall–Kier alpha value is -0.0800. The maximum atomic E-state index is 6.01. The van der Waals surface area contributed by atoms with Gasteiger partial charge in [0.15, 0.2) is 0 Å². The first kappa shape index (κ1) is 14.0. The van der Waals surface area contributed by atoms with E-state index in [1.807, 2.05) is 0 Å². The van der Waals surface area contributed by atoms with Crippen molar-refractivity contribution >= 4 is 0 Å². The molecule has 1 aliphatic carbocycles. The summed E-state index contributed by atoms with van der Waals surface area (Å²) in [5, 5.41) is 0. The van der Waals surface area contributed by atoms with Gasteiger partial charge in [-0.05, 0) is 44.8 Å². The molecule has 0 unspecified atom stereocenters. The molecule has 2 nitrogen and oxygen atoms in total. The van der Waals surface area contributed by atoms with Crippen molar-refractivity contribution in [3.8, 4) is 0 Å². The summed E-state index contributed by atoms with van der Waals surface area (Å²) in [7, 11) is 2.27. The van der Waals surface area contributed by atoms with Crippen LogP contribution in [0.2, 0.25) is 0 Å². The van der Waals surface area contributed by atoms with Crippen LogP contribution in [0.1, 0.15) is 58.3 Å². The van der Waals surface area contributed by atoms with E-state index in [2.05, 4.69) is 18.9 Å². The SMILES string of the molecule is CCCCCN(C)CC1(CN)CCCCC1. The molecule has 1 saturated carbocycles. The zero-order valence-electron chi connectivity index (χ0n) is 11.3. The summed E-state index contributed by atoms with van der Waals surface area (Å²) in [5.74, 6) is 0. The van der Waals surface area contributed by atoms with Gasteiger partial charge in [-0.2, -0.15) is 0 Å². The van der Waals surface area contributed by atoms with Crippen molar-refractivity contribution in [3.05, 3.63) is 0 Å². The Bertz CT molecular complexity index is 174. The van der Waals surface area contributed by atoms with E-state index in [-0.39, 0.29) is 0 Å². The molecule has 0 aromatic heterocycles. The Morgan fingerprint density at radius 3 is 2.38 bits per heavy atom. The van der Waals surface area contributed by atoms with Crippen LogP contribution in [0.4, 0.5) is 0 Å². The maximum absolute atomic E-state index is 6.01. The summed E-state index contributed by atoms with van der Waals surface area (Å²) >= 11 is 0. The molecule has 0 radical (unpaired) electrons. The molecule has 0 spiro atoms. The highest BCUT2D eigenvalue weighted by molar-refractivity contribution is 4.86. The van der Waals surface area contributed by atoms with Gasteiger partial charge < -0.3 is 10.6 Å². The molecule has 16 heavy (non-hydrogen) atoms. The number of nitrogens with two attached hydrogens (primary N) is 1. The summed E-state index contributed by atoms with van der Waals surface area (Å²) in [6.45, 7) is 5.61. The smallest absolute Gasteiger partial charge is 0.00470 e. The Morgan fingerprint density at radius 1 is 1.12 bits per heavy atom. The molecule has 0 aromatic rings. The summed E-state index contributed by atoms with van der Waals surface area (Å²) in [5.41, 5.74) is 6.46. The lowest BCUT2D eigenvalue weighted by molar-refractivity contribution is 0.127. The van der Waals surface area contributed by atoms with Crippen LogP contribution in [-0.2, 0) is 0 Å². The van der Waals surface area contributed by atoms with Crippen molar-refractivity contribution in [3.63, 3.8) is 0 Å². The predicted octanol–water partition coefficient (Wildman–Crippen LogP) is 3.02. The van der Waals surface area contributed by atoms with Crippen molar-refractivity contribution in [2.24, 2.45) is 11.1 Å². The van der Waals surface area contributed by atoms with E-state index in [4.69, 9.17) is 5.73 Å². The molecule has 1 rings (SSSR count). The Labute approximate surface area is 102 Å². The van der Waals surface area contributed by atoms with Crippen molar-refractivity contribution < 1.29 is 0 Å². The number of nitrogens with zero attached hydrogens (tertiary/aromatic N) is 1. The lowest BCUT2D eigenvalue weighted by atomic mass is 9.74. The largest absolute Gasteiger partial charge is 0.330 e. The van der Waals surface area contributed by atoms with Crippen molar-refractivity contribution in [1.29, 1.82) is 0 Å². The monoisotopic (exact) mass is 226 g/mol. The number of rotatable bonds is 7. The zero-order valence-corrected chi connectivity index (χ0v) is 11.3. The van der Waals surface area contributed by atoms with Crippen LogP contribution in [0.15, 0.2) is 0 Å². The number of hydrogen-bond donors (Lipinski definition) is 1. The molecule has 1 fully saturated rings. The fourth-order valence-corrected chi connectivity index (χ4v) is 3.01. The minimum Gasteiger partial charge on any atom is -0.330 e. The summed E-state index contributed by atoms with van der Waals surface area (Å²) in [4.78, 5) is 2.51. The van der Waals surface area contributed by atoms with E-state index in [0.717, 1.165) is 6.54 Å². The third-order valence-corrected chi connectivity index (χ3v) is 4.10.